The highest BCUT2D eigenvalue weighted by molar-refractivity contribution is 5.61. The van der Waals surface area contributed by atoms with Crippen LogP contribution in [0.1, 0.15) is 17.7 Å². The van der Waals surface area contributed by atoms with E-state index in [0.717, 1.165) is 32.5 Å². The van der Waals surface area contributed by atoms with Crippen molar-refractivity contribution in [3.8, 4) is 11.3 Å². The van der Waals surface area contributed by atoms with Gasteiger partial charge in [0.1, 0.15) is 0 Å². The van der Waals surface area contributed by atoms with E-state index in [-0.39, 0.29) is 5.79 Å². The normalized spacial score (nSPS) is 20.6. The zero-order valence-electron chi connectivity index (χ0n) is 10.8. The van der Waals surface area contributed by atoms with Crippen LogP contribution in [0.25, 0.3) is 11.3 Å². The molecule has 2 aliphatic rings. The van der Waals surface area contributed by atoms with Crippen molar-refractivity contribution >= 4 is 0 Å². The van der Waals surface area contributed by atoms with Gasteiger partial charge in [-0.25, -0.2) is 0 Å². The lowest BCUT2D eigenvalue weighted by Crippen LogP contribution is -2.36. The summed E-state index contributed by atoms with van der Waals surface area (Å²) in [6.45, 7) is 1.45. The molecule has 0 atom stereocenters. The number of nitrogens with one attached hydrogen (secondary N) is 1. The van der Waals surface area contributed by atoms with Crippen molar-refractivity contribution in [1.82, 2.24) is 4.98 Å². The average molecular weight is 255 g/mol. The fraction of sp³-hybridized carbons (Fsp3) is 0.375. The van der Waals surface area contributed by atoms with Crippen molar-refractivity contribution in [2.45, 2.75) is 25.0 Å². The molecule has 1 N–H and O–H groups in total. The van der Waals surface area contributed by atoms with Gasteiger partial charge in [-0.1, -0.05) is 30.3 Å². The average Bonchev–Trinajstić information content (AvgIpc) is 3.07. The van der Waals surface area contributed by atoms with Crippen molar-refractivity contribution in [2.75, 3.05) is 13.2 Å². The van der Waals surface area contributed by atoms with Gasteiger partial charge in [-0.15, -0.1) is 0 Å². The van der Waals surface area contributed by atoms with Gasteiger partial charge in [0, 0.05) is 24.2 Å². The van der Waals surface area contributed by atoms with Crippen LogP contribution >= 0.6 is 0 Å². The molecule has 2 heterocycles. The molecule has 1 spiro atoms. The lowest BCUT2D eigenvalue weighted by molar-refractivity contribution is -0.163. The Labute approximate surface area is 112 Å². The van der Waals surface area contributed by atoms with Gasteiger partial charge in [-0.05, 0) is 23.6 Å². The monoisotopic (exact) mass is 255 g/mol. The second kappa shape index (κ2) is 4.22. The SMILES string of the molecule is c1ccc(-c2cc3c([nH]2)CCC2(C3)OCCO2)cc1. The molecule has 1 aromatic carbocycles. The first-order valence-electron chi connectivity index (χ1n) is 6.89. The Kier molecular flexibility index (Phi) is 2.50. The van der Waals surface area contributed by atoms with Gasteiger partial charge in [0.25, 0.3) is 0 Å². The van der Waals surface area contributed by atoms with Gasteiger partial charge >= 0.3 is 0 Å². The standard InChI is InChI=1S/C16H17NO2/c1-2-4-12(5-3-1)15-10-13-11-16(18-8-9-19-16)7-6-14(13)17-15/h1-5,10,17H,6-9,11H2. The van der Waals surface area contributed by atoms with Crippen LogP contribution in [-0.4, -0.2) is 24.0 Å². The van der Waals surface area contributed by atoms with E-state index in [4.69, 9.17) is 9.47 Å². The van der Waals surface area contributed by atoms with Crippen molar-refractivity contribution in [1.29, 1.82) is 0 Å². The second-order valence-corrected chi connectivity index (χ2v) is 5.34. The number of benzene rings is 1. The summed E-state index contributed by atoms with van der Waals surface area (Å²) in [5.41, 5.74) is 5.11. The van der Waals surface area contributed by atoms with Gasteiger partial charge in [-0.3, -0.25) is 0 Å². The summed E-state index contributed by atoms with van der Waals surface area (Å²) in [4.78, 5) is 3.55. The number of rotatable bonds is 1. The number of H-pyrrole nitrogens is 1. The highest BCUT2D eigenvalue weighted by Crippen LogP contribution is 2.36. The van der Waals surface area contributed by atoms with Crippen LogP contribution < -0.4 is 0 Å². The minimum absolute atomic E-state index is 0.344. The smallest absolute Gasteiger partial charge is 0.172 e. The first-order chi connectivity index (χ1) is 9.35. The number of hydrogen-bond acceptors (Lipinski definition) is 2. The Morgan fingerprint density at radius 3 is 2.63 bits per heavy atom. The quantitative estimate of drug-likeness (QED) is 0.850. The molecular weight excluding hydrogens is 238 g/mol. The van der Waals surface area contributed by atoms with Crippen LogP contribution in [0.3, 0.4) is 0 Å². The van der Waals surface area contributed by atoms with Crippen LogP contribution in [0.15, 0.2) is 36.4 Å². The summed E-state index contributed by atoms with van der Waals surface area (Å²) >= 11 is 0. The van der Waals surface area contributed by atoms with Crippen molar-refractivity contribution in [3.05, 3.63) is 47.7 Å². The predicted molar refractivity (Wildman–Crippen MR) is 72.9 cm³/mol. The molecular formula is C16H17NO2. The maximum atomic E-state index is 5.82. The molecule has 1 saturated heterocycles. The highest BCUT2D eigenvalue weighted by atomic mass is 16.7. The molecule has 0 amide bonds. The third-order valence-corrected chi connectivity index (χ3v) is 4.11. The summed E-state index contributed by atoms with van der Waals surface area (Å²) < 4.78 is 11.6. The van der Waals surface area contributed by atoms with Crippen LogP contribution in [-0.2, 0) is 22.3 Å². The molecule has 3 nitrogen and oxygen atoms in total. The van der Waals surface area contributed by atoms with Crippen LogP contribution in [0.4, 0.5) is 0 Å². The van der Waals surface area contributed by atoms with Crippen LogP contribution in [0.2, 0.25) is 0 Å². The van der Waals surface area contributed by atoms with E-state index in [1.54, 1.807) is 0 Å². The predicted octanol–water partition coefficient (Wildman–Crippen LogP) is 2.91. The van der Waals surface area contributed by atoms with E-state index >= 15 is 0 Å². The largest absolute Gasteiger partial charge is 0.358 e. The van der Waals surface area contributed by atoms with E-state index in [1.165, 1.54) is 22.5 Å². The fourth-order valence-electron chi connectivity index (χ4n) is 3.13. The molecule has 2 aromatic rings. The molecule has 0 radical (unpaired) electrons. The second-order valence-electron chi connectivity index (χ2n) is 5.34. The Bertz CT molecular complexity index is 582. The molecule has 0 saturated carbocycles. The Hall–Kier alpha value is -1.58. The maximum absolute atomic E-state index is 5.82. The number of aromatic amines is 1. The molecule has 1 aliphatic heterocycles. The zero-order valence-corrected chi connectivity index (χ0v) is 10.8. The number of aromatic nitrogens is 1. The highest BCUT2D eigenvalue weighted by Gasteiger charge is 2.40. The third-order valence-electron chi connectivity index (χ3n) is 4.11. The van der Waals surface area contributed by atoms with Crippen LogP contribution in [0, 0.1) is 0 Å². The van der Waals surface area contributed by atoms with Crippen molar-refractivity contribution in [2.24, 2.45) is 0 Å². The molecule has 1 aliphatic carbocycles. The number of ether oxygens (including phenoxy) is 2. The molecule has 3 heteroatoms. The van der Waals surface area contributed by atoms with Gasteiger partial charge in [0.2, 0.25) is 0 Å². The Morgan fingerprint density at radius 2 is 1.84 bits per heavy atom. The third kappa shape index (κ3) is 1.90. The van der Waals surface area contributed by atoms with Crippen molar-refractivity contribution < 1.29 is 9.47 Å². The first-order valence-corrected chi connectivity index (χ1v) is 6.89. The fourth-order valence-corrected chi connectivity index (χ4v) is 3.13. The maximum Gasteiger partial charge on any atom is 0.172 e. The first kappa shape index (κ1) is 11.3. The molecule has 4 rings (SSSR count). The molecule has 98 valence electrons. The molecule has 1 aromatic heterocycles. The van der Waals surface area contributed by atoms with Gasteiger partial charge < -0.3 is 14.5 Å². The summed E-state index contributed by atoms with van der Waals surface area (Å²) in [7, 11) is 0. The van der Waals surface area contributed by atoms with E-state index in [1.807, 2.05) is 6.07 Å². The molecule has 19 heavy (non-hydrogen) atoms. The zero-order chi connectivity index (χ0) is 12.7. The van der Waals surface area contributed by atoms with Gasteiger partial charge in [0.05, 0.1) is 13.2 Å². The van der Waals surface area contributed by atoms with Gasteiger partial charge in [0.15, 0.2) is 5.79 Å². The molecule has 1 fully saturated rings. The minimum atomic E-state index is -0.344. The Balaban J connectivity index is 1.68. The number of hydrogen-bond donors (Lipinski definition) is 1. The summed E-state index contributed by atoms with van der Waals surface area (Å²) in [5, 5.41) is 0. The van der Waals surface area contributed by atoms with Crippen LogP contribution in [0.5, 0.6) is 0 Å². The van der Waals surface area contributed by atoms with Gasteiger partial charge in [-0.2, -0.15) is 0 Å². The molecule has 0 unspecified atom stereocenters. The van der Waals surface area contributed by atoms with E-state index in [9.17, 15) is 0 Å². The Morgan fingerprint density at radius 1 is 1.05 bits per heavy atom. The number of aryl methyl sites for hydroxylation is 1. The minimum Gasteiger partial charge on any atom is -0.358 e. The number of fused-ring (bicyclic) bond motifs is 1. The lowest BCUT2D eigenvalue weighted by Gasteiger charge is -2.31. The summed E-state index contributed by atoms with van der Waals surface area (Å²) in [6, 6.07) is 12.7. The van der Waals surface area contributed by atoms with E-state index in [2.05, 4.69) is 35.3 Å². The summed E-state index contributed by atoms with van der Waals surface area (Å²) in [5.74, 6) is -0.344. The topological polar surface area (TPSA) is 34.2 Å². The lowest BCUT2D eigenvalue weighted by atomic mass is 9.92. The van der Waals surface area contributed by atoms with Crippen molar-refractivity contribution in [3.63, 3.8) is 0 Å². The van der Waals surface area contributed by atoms with E-state index < -0.39 is 0 Å². The summed E-state index contributed by atoms with van der Waals surface area (Å²) in [6.07, 6.45) is 2.82. The molecule has 0 bridgehead atoms. The van der Waals surface area contributed by atoms with E-state index in [0.29, 0.717) is 0 Å².